The molecule has 18 heavy (non-hydrogen) atoms. The number of nitro benzene ring substituents is 1. The summed E-state index contributed by atoms with van der Waals surface area (Å²) in [6, 6.07) is 5.20. The molecule has 1 aliphatic carbocycles. The molecule has 2 aromatic rings. The summed E-state index contributed by atoms with van der Waals surface area (Å²) in [6.07, 6.45) is 6.44. The van der Waals surface area contributed by atoms with E-state index in [4.69, 9.17) is 0 Å². The summed E-state index contributed by atoms with van der Waals surface area (Å²) in [5.74, 6) is 0.350. The van der Waals surface area contributed by atoms with Gasteiger partial charge in [0, 0.05) is 18.3 Å². The lowest BCUT2D eigenvalue weighted by atomic mass is 9.96. The van der Waals surface area contributed by atoms with E-state index in [0.29, 0.717) is 5.92 Å². The molecular formula is C13H13N3O2. The largest absolute Gasteiger partial charge is 0.351 e. The van der Waals surface area contributed by atoms with E-state index in [9.17, 15) is 10.1 Å². The van der Waals surface area contributed by atoms with E-state index >= 15 is 0 Å². The predicted octanol–water partition coefficient (Wildman–Crippen LogP) is 2.59. The minimum atomic E-state index is -0.329. The van der Waals surface area contributed by atoms with Gasteiger partial charge in [-0.1, -0.05) is 6.07 Å². The van der Waals surface area contributed by atoms with Crippen molar-refractivity contribution in [3.8, 4) is 0 Å². The Kier molecular flexibility index (Phi) is 2.59. The van der Waals surface area contributed by atoms with Gasteiger partial charge in [-0.05, 0) is 36.3 Å². The van der Waals surface area contributed by atoms with Gasteiger partial charge in [0.15, 0.2) is 0 Å². The highest BCUT2D eigenvalue weighted by Gasteiger charge is 2.25. The lowest BCUT2D eigenvalue weighted by molar-refractivity contribution is -0.384. The smallest absolute Gasteiger partial charge is 0.269 e. The maximum absolute atomic E-state index is 10.8. The number of rotatable bonds is 3. The third-order valence-corrected chi connectivity index (χ3v) is 3.55. The second-order valence-electron chi connectivity index (χ2n) is 4.64. The molecule has 0 radical (unpaired) electrons. The van der Waals surface area contributed by atoms with E-state index in [-0.39, 0.29) is 10.6 Å². The molecule has 0 aliphatic heterocycles. The highest BCUT2D eigenvalue weighted by atomic mass is 16.6. The van der Waals surface area contributed by atoms with Crippen molar-refractivity contribution in [3.63, 3.8) is 0 Å². The number of aryl methyl sites for hydroxylation is 1. The number of benzene rings is 1. The first-order valence-electron chi connectivity index (χ1n) is 5.99. The molecule has 5 heteroatoms. The molecule has 1 aliphatic rings. The number of nitrogens with zero attached hydrogens (tertiary/aromatic N) is 2. The fraction of sp³-hybridized carbons (Fsp3) is 0.308. The monoisotopic (exact) mass is 243 g/mol. The topological polar surface area (TPSA) is 71.8 Å². The van der Waals surface area contributed by atoms with Crippen LogP contribution in [0.15, 0.2) is 30.7 Å². The van der Waals surface area contributed by atoms with Gasteiger partial charge in [0.2, 0.25) is 0 Å². The molecule has 0 fully saturated rings. The van der Waals surface area contributed by atoms with Crippen LogP contribution in [0.1, 0.15) is 29.2 Å². The quantitative estimate of drug-likeness (QED) is 0.665. The Bertz CT molecular complexity index is 578. The van der Waals surface area contributed by atoms with Crippen LogP contribution in [-0.4, -0.2) is 14.9 Å². The number of hydrogen-bond donors (Lipinski definition) is 1. The number of fused-ring (bicyclic) bond motifs is 1. The summed E-state index contributed by atoms with van der Waals surface area (Å²) in [4.78, 5) is 17.6. The zero-order chi connectivity index (χ0) is 12.5. The lowest BCUT2D eigenvalue weighted by Gasteiger charge is -2.09. The van der Waals surface area contributed by atoms with Gasteiger partial charge in [-0.2, -0.15) is 0 Å². The molecular weight excluding hydrogens is 230 g/mol. The summed E-state index contributed by atoms with van der Waals surface area (Å²) in [5.41, 5.74) is 3.55. The molecule has 0 saturated heterocycles. The molecule has 0 saturated carbocycles. The number of H-pyrrole nitrogens is 1. The van der Waals surface area contributed by atoms with Gasteiger partial charge < -0.3 is 4.98 Å². The number of aromatic nitrogens is 2. The van der Waals surface area contributed by atoms with Crippen LogP contribution in [0.2, 0.25) is 0 Å². The average Bonchev–Trinajstić information content (AvgIpc) is 2.99. The maximum Gasteiger partial charge on any atom is 0.269 e. The van der Waals surface area contributed by atoms with Gasteiger partial charge in [0.25, 0.3) is 5.69 Å². The van der Waals surface area contributed by atoms with Crippen molar-refractivity contribution in [2.45, 2.75) is 25.2 Å². The van der Waals surface area contributed by atoms with E-state index in [1.54, 1.807) is 18.5 Å². The van der Waals surface area contributed by atoms with Crippen molar-refractivity contribution in [3.05, 3.63) is 57.7 Å². The van der Waals surface area contributed by atoms with Crippen LogP contribution < -0.4 is 0 Å². The fourth-order valence-electron chi connectivity index (χ4n) is 2.66. The Morgan fingerprint density at radius 2 is 2.39 bits per heavy atom. The summed E-state index contributed by atoms with van der Waals surface area (Å²) < 4.78 is 0. The van der Waals surface area contributed by atoms with Crippen LogP contribution in [0.4, 0.5) is 5.69 Å². The number of aromatic amines is 1. The zero-order valence-electron chi connectivity index (χ0n) is 9.80. The van der Waals surface area contributed by atoms with Crippen LogP contribution in [0.3, 0.4) is 0 Å². The van der Waals surface area contributed by atoms with Crippen molar-refractivity contribution < 1.29 is 4.92 Å². The number of nitro groups is 1. The van der Waals surface area contributed by atoms with Crippen LogP contribution in [0.25, 0.3) is 0 Å². The van der Waals surface area contributed by atoms with E-state index in [2.05, 4.69) is 9.97 Å². The Hall–Kier alpha value is -2.17. The van der Waals surface area contributed by atoms with Crippen molar-refractivity contribution in [2.24, 2.45) is 0 Å². The maximum atomic E-state index is 10.8. The number of non-ortho nitro benzene ring substituents is 1. The molecule has 1 aromatic carbocycles. The Morgan fingerprint density at radius 1 is 1.50 bits per heavy atom. The van der Waals surface area contributed by atoms with Gasteiger partial charge in [0.1, 0.15) is 0 Å². The predicted molar refractivity (Wildman–Crippen MR) is 66.5 cm³/mol. The normalized spacial score (nSPS) is 17.7. The molecule has 0 spiro atoms. The lowest BCUT2D eigenvalue weighted by Crippen LogP contribution is -2.00. The Morgan fingerprint density at radius 3 is 3.11 bits per heavy atom. The second-order valence-corrected chi connectivity index (χ2v) is 4.64. The van der Waals surface area contributed by atoms with E-state index in [0.717, 1.165) is 30.5 Å². The molecule has 0 bridgehead atoms. The van der Waals surface area contributed by atoms with Crippen molar-refractivity contribution in [1.82, 2.24) is 9.97 Å². The summed E-state index contributed by atoms with van der Waals surface area (Å²) in [6.45, 7) is 0. The summed E-state index contributed by atoms with van der Waals surface area (Å²) >= 11 is 0. The molecule has 3 rings (SSSR count). The molecule has 1 N–H and O–H groups in total. The number of nitrogens with one attached hydrogen (secondary N) is 1. The molecule has 92 valence electrons. The van der Waals surface area contributed by atoms with Crippen molar-refractivity contribution >= 4 is 5.69 Å². The Balaban J connectivity index is 1.90. The molecule has 1 atom stereocenters. The summed E-state index contributed by atoms with van der Waals surface area (Å²) in [7, 11) is 0. The van der Waals surface area contributed by atoms with Gasteiger partial charge in [-0.25, -0.2) is 4.98 Å². The van der Waals surface area contributed by atoms with Gasteiger partial charge in [-0.15, -0.1) is 0 Å². The Labute approximate surface area is 104 Å². The first kappa shape index (κ1) is 11.0. The zero-order valence-corrected chi connectivity index (χ0v) is 9.80. The highest BCUT2D eigenvalue weighted by molar-refractivity contribution is 5.44. The van der Waals surface area contributed by atoms with Crippen molar-refractivity contribution in [2.75, 3.05) is 0 Å². The van der Waals surface area contributed by atoms with E-state index < -0.39 is 0 Å². The number of hydrogen-bond acceptors (Lipinski definition) is 3. The first-order chi connectivity index (χ1) is 8.74. The van der Waals surface area contributed by atoms with E-state index in [1.165, 1.54) is 5.56 Å². The second kappa shape index (κ2) is 4.25. The molecule has 1 heterocycles. The van der Waals surface area contributed by atoms with Crippen LogP contribution >= 0.6 is 0 Å². The first-order valence-corrected chi connectivity index (χ1v) is 5.99. The van der Waals surface area contributed by atoms with Crippen molar-refractivity contribution in [1.29, 1.82) is 0 Å². The third-order valence-electron chi connectivity index (χ3n) is 3.55. The third kappa shape index (κ3) is 1.88. The van der Waals surface area contributed by atoms with E-state index in [1.807, 2.05) is 12.3 Å². The molecule has 1 unspecified atom stereocenters. The fourth-order valence-corrected chi connectivity index (χ4v) is 2.66. The minimum Gasteiger partial charge on any atom is -0.351 e. The van der Waals surface area contributed by atoms with Crippen LogP contribution in [0, 0.1) is 10.1 Å². The van der Waals surface area contributed by atoms with Gasteiger partial charge >= 0.3 is 0 Å². The number of imidazole rings is 1. The van der Waals surface area contributed by atoms with Gasteiger partial charge in [-0.3, -0.25) is 10.1 Å². The minimum absolute atomic E-state index is 0.183. The molecule has 1 aromatic heterocycles. The molecule has 0 amide bonds. The average molecular weight is 243 g/mol. The van der Waals surface area contributed by atoms with Gasteiger partial charge in [0.05, 0.1) is 16.9 Å². The van der Waals surface area contributed by atoms with Crippen LogP contribution in [-0.2, 0) is 12.8 Å². The van der Waals surface area contributed by atoms with Crippen LogP contribution in [0.5, 0.6) is 0 Å². The summed E-state index contributed by atoms with van der Waals surface area (Å²) in [5, 5.41) is 10.8. The highest BCUT2D eigenvalue weighted by Crippen LogP contribution is 2.37. The standard InChI is InChI=1S/C13H13N3O2/c17-16(18)12-4-3-9-1-2-10(13(9)6-12)5-11-7-14-8-15-11/h3-4,6-8,10H,1-2,5H2,(H,14,15). The SMILES string of the molecule is O=[N+]([O-])c1ccc2c(c1)C(Cc1c[nH]cn1)CC2. The molecule has 5 nitrogen and oxygen atoms in total.